The Kier molecular flexibility index (Phi) is 2.96. The van der Waals surface area contributed by atoms with Crippen LogP contribution in [0.15, 0.2) is 30.6 Å². The molecular formula is C15H15FN4O. The Bertz CT molecular complexity index is 795. The van der Waals surface area contributed by atoms with Gasteiger partial charge < -0.3 is 10.1 Å². The van der Waals surface area contributed by atoms with Gasteiger partial charge in [-0.3, -0.25) is 4.40 Å². The molecule has 0 saturated carbocycles. The highest BCUT2D eigenvalue weighted by molar-refractivity contribution is 5.82. The molecule has 21 heavy (non-hydrogen) atoms. The standard InChI is InChI=1S/C15H15FN4O/c16-10-3-4-13-12(8-10)19-14(15-17-5-6-20(13)15)18-9-11-2-1-7-21-11/h3-6,8,11H,1-2,7,9H2,(H,18,19). The van der Waals surface area contributed by atoms with Crippen molar-refractivity contribution in [2.75, 3.05) is 18.5 Å². The van der Waals surface area contributed by atoms with E-state index in [9.17, 15) is 4.39 Å². The Balaban J connectivity index is 1.76. The average molecular weight is 286 g/mol. The number of halogens is 1. The summed E-state index contributed by atoms with van der Waals surface area (Å²) in [6.07, 6.45) is 5.94. The minimum absolute atomic E-state index is 0.213. The van der Waals surface area contributed by atoms with Gasteiger partial charge in [-0.25, -0.2) is 14.4 Å². The lowest BCUT2D eigenvalue weighted by molar-refractivity contribution is 0.120. The zero-order chi connectivity index (χ0) is 14.2. The average Bonchev–Trinajstić information content (AvgIpc) is 3.15. The van der Waals surface area contributed by atoms with E-state index >= 15 is 0 Å². The largest absolute Gasteiger partial charge is 0.376 e. The van der Waals surface area contributed by atoms with Gasteiger partial charge in [0.15, 0.2) is 11.5 Å². The van der Waals surface area contributed by atoms with Crippen LogP contribution in [0.4, 0.5) is 10.2 Å². The second-order valence-corrected chi connectivity index (χ2v) is 5.23. The number of benzene rings is 1. The number of fused-ring (bicyclic) bond motifs is 3. The van der Waals surface area contributed by atoms with Crippen molar-refractivity contribution in [1.29, 1.82) is 0 Å². The Morgan fingerprint density at radius 1 is 1.43 bits per heavy atom. The minimum Gasteiger partial charge on any atom is -0.376 e. The number of ether oxygens (including phenoxy) is 1. The van der Waals surface area contributed by atoms with Crippen LogP contribution >= 0.6 is 0 Å². The fourth-order valence-electron chi connectivity index (χ4n) is 2.77. The topological polar surface area (TPSA) is 51.5 Å². The van der Waals surface area contributed by atoms with Crippen LogP contribution in [0.2, 0.25) is 0 Å². The highest BCUT2D eigenvalue weighted by Gasteiger charge is 2.16. The molecule has 0 spiro atoms. The molecule has 6 heteroatoms. The molecule has 1 aliphatic rings. The smallest absolute Gasteiger partial charge is 0.180 e. The summed E-state index contributed by atoms with van der Waals surface area (Å²) in [5.41, 5.74) is 2.19. The maximum Gasteiger partial charge on any atom is 0.180 e. The van der Waals surface area contributed by atoms with Gasteiger partial charge in [0.1, 0.15) is 5.82 Å². The van der Waals surface area contributed by atoms with Crippen LogP contribution in [0.5, 0.6) is 0 Å². The Morgan fingerprint density at radius 2 is 2.38 bits per heavy atom. The predicted octanol–water partition coefficient (Wildman–Crippen LogP) is 2.61. The van der Waals surface area contributed by atoms with Crippen LogP contribution in [0.1, 0.15) is 12.8 Å². The monoisotopic (exact) mass is 286 g/mol. The van der Waals surface area contributed by atoms with E-state index in [1.54, 1.807) is 12.3 Å². The lowest BCUT2D eigenvalue weighted by Crippen LogP contribution is -2.19. The Labute approximate surface area is 120 Å². The van der Waals surface area contributed by atoms with Crippen molar-refractivity contribution in [1.82, 2.24) is 14.4 Å². The van der Waals surface area contributed by atoms with E-state index in [1.165, 1.54) is 12.1 Å². The third-order valence-electron chi connectivity index (χ3n) is 3.80. The van der Waals surface area contributed by atoms with Crippen LogP contribution in [-0.2, 0) is 4.74 Å². The first-order chi connectivity index (χ1) is 10.3. The van der Waals surface area contributed by atoms with Crippen molar-refractivity contribution < 1.29 is 9.13 Å². The van der Waals surface area contributed by atoms with Crippen LogP contribution in [0.3, 0.4) is 0 Å². The number of hydrogen-bond acceptors (Lipinski definition) is 4. The highest BCUT2D eigenvalue weighted by atomic mass is 19.1. The SMILES string of the molecule is Fc1ccc2c(c1)nc(NCC1CCCO1)c1nccn12. The van der Waals surface area contributed by atoms with Gasteiger partial charge in [-0.15, -0.1) is 0 Å². The first-order valence-corrected chi connectivity index (χ1v) is 7.09. The van der Waals surface area contributed by atoms with E-state index in [1.807, 2.05) is 10.6 Å². The van der Waals surface area contributed by atoms with E-state index in [4.69, 9.17) is 4.74 Å². The van der Waals surface area contributed by atoms with Gasteiger partial charge in [-0.1, -0.05) is 0 Å². The summed E-state index contributed by atoms with van der Waals surface area (Å²) in [7, 11) is 0. The van der Waals surface area contributed by atoms with Crippen LogP contribution in [0.25, 0.3) is 16.7 Å². The van der Waals surface area contributed by atoms with Gasteiger partial charge in [0.25, 0.3) is 0 Å². The summed E-state index contributed by atoms with van der Waals surface area (Å²) in [6.45, 7) is 1.51. The highest BCUT2D eigenvalue weighted by Crippen LogP contribution is 2.22. The molecule has 1 unspecified atom stereocenters. The van der Waals surface area contributed by atoms with Crippen molar-refractivity contribution in [3.63, 3.8) is 0 Å². The van der Waals surface area contributed by atoms with Gasteiger partial charge in [0.2, 0.25) is 0 Å². The molecule has 1 saturated heterocycles. The van der Waals surface area contributed by atoms with E-state index in [0.717, 1.165) is 30.6 Å². The molecule has 0 aliphatic carbocycles. The van der Waals surface area contributed by atoms with Crippen molar-refractivity contribution in [2.45, 2.75) is 18.9 Å². The minimum atomic E-state index is -0.292. The Morgan fingerprint density at radius 3 is 3.24 bits per heavy atom. The zero-order valence-electron chi connectivity index (χ0n) is 11.4. The number of nitrogens with zero attached hydrogens (tertiary/aromatic N) is 3. The van der Waals surface area contributed by atoms with E-state index in [-0.39, 0.29) is 11.9 Å². The van der Waals surface area contributed by atoms with Crippen molar-refractivity contribution >= 4 is 22.5 Å². The second kappa shape index (κ2) is 4.96. The summed E-state index contributed by atoms with van der Waals surface area (Å²) >= 11 is 0. The van der Waals surface area contributed by atoms with Gasteiger partial charge >= 0.3 is 0 Å². The van der Waals surface area contributed by atoms with Crippen LogP contribution < -0.4 is 5.32 Å². The van der Waals surface area contributed by atoms with Gasteiger partial charge in [-0.05, 0) is 25.0 Å². The van der Waals surface area contributed by atoms with Crippen molar-refractivity contribution in [3.05, 3.63) is 36.4 Å². The molecular weight excluding hydrogens is 271 g/mol. The maximum absolute atomic E-state index is 13.4. The molecule has 3 heterocycles. The van der Waals surface area contributed by atoms with E-state index < -0.39 is 0 Å². The number of imidazole rings is 1. The molecule has 3 aromatic rings. The quantitative estimate of drug-likeness (QED) is 0.804. The number of hydrogen-bond donors (Lipinski definition) is 1. The molecule has 4 rings (SSSR count). The number of anilines is 1. The third-order valence-corrected chi connectivity index (χ3v) is 3.80. The zero-order valence-corrected chi connectivity index (χ0v) is 11.4. The predicted molar refractivity (Wildman–Crippen MR) is 77.9 cm³/mol. The fraction of sp³-hybridized carbons (Fsp3) is 0.333. The molecule has 1 atom stereocenters. The lowest BCUT2D eigenvalue weighted by Gasteiger charge is -2.13. The van der Waals surface area contributed by atoms with Crippen LogP contribution in [-0.4, -0.2) is 33.6 Å². The summed E-state index contributed by atoms with van der Waals surface area (Å²) in [4.78, 5) is 8.85. The molecule has 1 N–H and O–H groups in total. The molecule has 2 aromatic heterocycles. The molecule has 5 nitrogen and oxygen atoms in total. The fourth-order valence-corrected chi connectivity index (χ4v) is 2.77. The van der Waals surface area contributed by atoms with Crippen molar-refractivity contribution in [3.8, 4) is 0 Å². The van der Waals surface area contributed by atoms with Gasteiger partial charge in [0, 0.05) is 31.6 Å². The number of nitrogens with one attached hydrogen (secondary N) is 1. The van der Waals surface area contributed by atoms with E-state index in [2.05, 4.69) is 15.3 Å². The number of rotatable bonds is 3. The van der Waals surface area contributed by atoms with Gasteiger partial charge in [-0.2, -0.15) is 0 Å². The molecule has 1 aromatic carbocycles. The van der Waals surface area contributed by atoms with Gasteiger partial charge in [0.05, 0.1) is 17.1 Å². The number of aromatic nitrogens is 3. The lowest BCUT2D eigenvalue weighted by atomic mass is 10.2. The first kappa shape index (κ1) is 12.5. The van der Waals surface area contributed by atoms with Crippen molar-refractivity contribution in [2.24, 2.45) is 0 Å². The third kappa shape index (κ3) is 2.21. The first-order valence-electron chi connectivity index (χ1n) is 7.09. The molecule has 108 valence electrons. The molecule has 0 radical (unpaired) electrons. The molecule has 0 amide bonds. The maximum atomic E-state index is 13.4. The normalized spacial score (nSPS) is 18.6. The molecule has 1 fully saturated rings. The van der Waals surface area contributed by atoms with E-state index in [0.29, 0.717) is 17.9 Å². The summed E-state index contributed by atoms with van der Waals surface area (Å²) < 4.78 is 20.9. The summed E-state index contributed by atoms with van der Waals surface area (Å²) in [5, 5.41) is 3.29. The summed E-state index contributed by atoms with van der Waals surface area (Å²) in [6, 6.07) is 4.59. The van der Waals surface area contributed by atoms with Crippen LogP contribution in [0, 0.1) is 5.82 Å². The second-order valence-electron chi connectivity index (χ2n) is 5.23. The molecule has 0 bridgehead atoms. The Hall–Kier alpha value is -2.21. The summed E-state index contributed by atoms with van der Waals surface area (Å²) in [5.74, 6) is 0.369. The molecule has 1 aliphatic heterocycles.